The second kappa shape index (κ2) is 7.40. The van der Waals surface area contributed by atoms with E-state index >= 15 is 0 Å². The van der Waals surface area contributed by atoms with Crippen molar-refractivity contribution in [3.05, 3.63) is 90.1 Å². The molecule has 5 rings (SSSR count). The Kier molecular flexibility index (Phi) is 4.45. The van der Waals surface area contributed by atoms with E-state index in [-0.39, 0.29) is 0 Å². The van der Waals surface area contributed by atoms with E-state index in [0.717, 1.165) is 41.1 Å². The average molecular weight is 378 g/mol. The van der Waals surface area contributed by atoms with Gasteiger partial charge < -0.3 is 10.3 Å². The molecule has 0 bridgehead atoms. The Morgan fingerprint density at radius 1 is 0.862 bits per heavy atom. The summed E-state index contributed by atoms with van der Waals surface area (Å²) in [5, 5.41) is 5.87. The zero-order valence-corrected chi connectivity index (χ0v) is 16.3. The lowest BCUT2D eigenvalue weighted by atomic mass is 10.1. The SMILES string of the molecule is Cc1cccc(-c2nc(NCCc3c[nH]c4ccccc34)c3ccccc3n2)c1. The average Bonchev–Trinajstić information content (AvgIpc) is 3.17. The lowest BCUT2D eigenvalue weighted by Crippen LogP contribution is -2.08. The van der Waals surface area contributed by atoms with Crippen LogP contribution in [-0.2, 0) is 6.42 Å². The molecule has 3 aromatic carbocycles. The van der Waals surface area contributed by atoms with Crippen LogP contribution in [-0.4, -0.2) is 21.5 Å². The van der Waals surface area contributed by atoms with Gasteiger partial charge in [0.15, 0.2) is 5.82 Å². The second-order valence-electron chi connectivity index (χ2n) is 7.32. The minimum Gasteiger partial charge on any atom is -0.369 e. The van der Waals surface area contributed by atoms with Crippen LogP contribution < -0.4 is 5.32 Å². The van der Waals surface area contributed by atoms with Crippen LogP contribution in [0, 0.1) is 6.92 Å². The number of aromatic amines is 1. The number of fused-ring (bicyclic) bond motifs is 2. The monoisotopic (exact) mass is 378 g/mol. The number of aromatic nitrogens is 3. The van der Waals surface area contributed by atoms with Crippen LogP contribution in [0.3, 0.4) is 0 Å². The van der Waals surface area contributed by atoms with Crippen molar-refractivity contribution in [3.63, 3.8) is 0 Å². The molecule has 0 spiro atoms. The highest BCUT2D eigenvalue weighted by Crippen LogP contribution is 2.25. The third-order valence-corrected chi connectivity index (χ3v) is 5.24. The molecule has 0 aliphatic rings. The van der Waals surface area contributed by atoms with Gasteiger partial charge in [0.2, 0.25) is 0 Å². The van der Waals surface area contributed by atoms with Crippen LogP contribution in [0.2, 0.25) is 0 Å². The molecular formula is C25H22N4. The summed E-state index contributed by atoms with van der Waals surface area (Å²) in [6, 6.07) is 24.9. The molecule has 0 aliphatic heterocycles. The first kappa shape index (κ1) is 17.4. The summed E-state index contributed by atoms with van der Waals surface area (Å²) in [4.78, 5) is 13.0. The van der Waals surface area contributed by atoms with Gasteiger partial charge in [-0.25, -0.2) is 9.97 Å². The normalized spacial score (nSPS) is 11.2. The second-order valence-corrected chi connectivity index (χ2v) is 7.32. The molecule has 0 radical (unpaired) electrons. The van der Waals surface area contributed by atoms with Crippen LogP contribution >= 0.6 is 0 Å². The first-order valence-electron chi connectivity index (χ1n) is 9.90. The van der Waals surface area contributed by atoms with Gasteiger partial charge in [0.05, 0.1) is 5.52 Å². The number of hydrogen-bond donors (Lipinski definition) is 2. The van der Waals surface area contributed by atoms with Gasteiger partial charge in [0.1, 0.15) is 5.82 Å². The van der Waals surface area contributed by atoms with Crippen LogP contribution in [0.15, 0.2) is 79.0 Å². The number of para-hydroxylation sites is 2. The first-order valence-corrected chi connectivity index (χ1v) is 9.90. The van der Waals surface area contributed by atoms with Crippen LogP contribution in [0.5, 0.6) is 0 Å². The number of anilines is 1. The van der Waals surface area contributed by atoms with Crippen molar-refractivity contribution in [3.8, 4) is 11.4 Å². The molecule has 5 aromatic rings. The summed E-state index contributed by atoms with van der Waals surface area (Å²) in [6.07, 6.45) is 3.02. The summed E-state index contributed by atoms with van der Waals surface area (Å²) in [6.45, 7) is 2.89. The quantitative estimate of drug-likeness (QED) is 0.410. The molecule has 2 heterocycles. The maximum absolute atomic E-state index is 4.86. The zero-order valence-electron chi connectivity index (χ0n) is 16.3. The van der Waals surface area contributed by atoms with Gasteiger partial charge in [-0.2, -0.15) is 0 Å². The van der Waals surface area contributed by atoms with E-state index in [9.17, 15) is 0 Å². The van der Waals surface area contributed by atoms with Crippen LogP contribution in [0.25, 0.3) is 33.2 Å². The number of benzene rings is 3. The Morgan fingerprint density at radius 2 is 1.69 bits per heavy atom. The summed E-state index contributed by atoms with van der Waals surface area (Å²) < 4.78 is 0. The maximum Gasteiger partial charge on any atom is 0.162 e. The largest absolute Gasteiger partial charge is 0.369 e. The molecule has 0 saturated carbocycles. The van der Waals surface area contributed by atoms with Crippen molar-refractivity contribution in [1.29, 1.82) is 0 Å². The number of nitrogens with zero attached hydrogens (tertiary/aromatic N) is 2. The number of nitrogens with one attached hydrogen (secondary N) is 2. The fraction of sp³-hybridized carbons (Fsp3) is 0.120. The van der Waals surface area contributed by atoms with Crippen LogP contribution in [0.1, 0.15) is 11.1 Å². The summed E-state index contributed by atoms with van der Waals surface area (Å²) in [5.74, 6) is 1.63. The van der Waals surface area contributed by atoms with Gasteiger partial charge in [-0.1, -0.05) is 54.1 Å². The molecule has 4 heteroatoms. The molecule has 29 heavy (non-hydrogen) atoms. The number of aryl methyl sites for hydroxylation is 1. The molecule has 142 valence electrons. The van der Waals surface area contributed by atoms with Crippen molar-refractivity contribution in [2.24, 2.45) is 0 Å². The highest BCUT2D eigenvalue weighted by atomic mass is 15.0. The molecule has 2 N–H and O–H groups in total. The molecule has 0 atom stereocenters. The van der Waals surface area contributed by atoms with E-state index in [1.165, 1.54) is 22.0 Å². The molecule has 4 nitrogen and oxygen atoms in total. The van der Waals surface area contributed by atoms with Crippen molar-refractivity contribution >= 4 is 27.6 Å². The van der Waals surface area contributed by atoms with Gasteiger partial charge in [-0.05, 0) is 43.2 Å². The Hall–Kier alpha value is -3.66. The minimum absolute atomic E-state index is 0.752. The highest BCUT2D eigenvalue weighted by molar-refractivity contribution is 5.90. The lowest BCUT2D eigenvalue weighted by molar-refractivity contribution is 1.01. The fourth-order valence-electron chi connectivity index (χ4n) is 3.78. The molecular weight excluding hydrogens is 356 g/mol. The van der Waals surface area contributed by atoms with E-state index in [1.807, 2.05) is 24.3 Å². The molecule has 0 saturated heterocycles. The van der Waals surface area contributed by atoms with Gasteiger partial charge >= 0.3 is 0 Å². The Labute approximate surface area is 169 Å². The Bertz CT molecular complexity index is 1300. The topological polar surface area (TPSA) is 53.6 Å². The van der Waals surface area contributed by atoms with Crippen molar-refractivity contribution in [2.75, 3.05) is 11.9 Å². The smallest absolute Gasteiger partial charge is 0.162 e. The van der Waals surface area contributed by atoms with Gasteiger partial charge in [-0.15, -0.1) is 0 Å². The summed E-state index contributed by atoms with van der Waals surface area (Å²) in [5.41, 5.74) is 5.68. The van der Waals surface area contributed by atoms with E-state index in [2.05, 4.69) is 72.0 Å². The third-order valence-electron chi connectivity index (χ3n) is 5.24. The molecule has 0 unspecified atom stereocenters. The zero-order chi connectivity index (χ0) is 19.6. The lowest BCUT2D eigenvalue weighted by Gasteiger charge is -2.11. The van der Waals surface area contributed by atoms with Crippen molar-refractivity contribution < 1.29 is 0 Å². The predicted octanol–water partition coefficient (Wildman–Crippen LogP) is 5.74. The Balaban J connectivity index is 1.45. The van der Waals surface area contributed by atoms with E-state index in [4.69, 9.17) is 9.97 Å². The standard InChI is InChI=1S/C25H22N4/c1-17-7-6-8-18(15-17)24-28-23-12-5-3-10-21(23)25(29-24)26-14-13-19-16-27-22-11-4-2-9-20(19)22/h2-12,15-16,27H,13-14H2,1H3,(H,26,28,29). The van der Waals surface area contributed by atoms with E-state index < -0.39 is 0 Å². The molecule has 0 fully saturated rings. The number of rotatable bonds is 5. The third kappa shape index (κ3) is 3.45. The first-order chi connectivity index (χ1) is 14.3. The van der Waals surface area contributed by atoms with Gasteiger partial charge in [-0.3, -0.25) is 0 Å². The predicted molar refractivity (Wildman–Crippen MR) is 120 cm³/mol. The van der Waals surface area contributed by atoms with E-state index in [1.54, 1.807) is 0 Å². The minimum atomic E-state index is 0.752. The number of H-pyrrole nitrogens is 1. The van der Waals surface area contributed by atoms with Crippen molar-refractivity contribution in [2.45, 2.75) is 13.3 Å². The van der Waals surface area contributed by atoms with Crippen LogP contribution in [0.4, 0.5) is 5.82 Å². The van der Waals surface area contributed by atoms with Gasteiger partial charge in [0.25, 0.3) is 0 Å². The number of hydrogen-bond acceptors (Lipinski definition) is 3. The Morgan fingerprint density at radius 3 is 2.59 bits per heavy atom. The van der Waals surface area contributed by atoms with Crippen molar-refractivity contribution in [1.82, 2.24) is 15.0 Å². The molecule has 0 amide bonds. The fourth-order valence-corrected chi connectivity index (χ4v) is 3.78. The summed E-state index contributed by atoms with van der Waals surface area (Å²) >= 11 is 0. The molecule has 2 aromatic heterocycles. The van der Waals surface area contributed by atoms with E-state index in [0.29, 0.717) is 0 Å². The highest BCUT2D eigenvalue weighted by Gasteiger charge is 2.10. The van der Waals surface area contributed by atoms with Gasteiger partial charge in [0, 0.05) is 34.6 Å². The maximum atomic E-state index is 4.86. The summed E-state index contributed by atoms with van der Waals surface area (Å²) in [7, 11) is 0. The molecule has 0 aliphatic carbocycles.